The van der Waals surface area contributed by atoms with Crippen molar-refractivity contribution in [3.8, 4) is 6.07 Å². The van der Waals surface area contributed by atoms with E-state index in [9.17, 15) is 4.79 Å². The van der Waals surface area contributed by atoms with Crippen LogP contribution in [0.3, 0.4) is 0 Å². The lowest BCUT2D eigenvalue weighted by molar-refractivity contribution is -0.142. The van der Waals surface area contributed by atoms with Gasteiger partial charge in [0.1, 0.15) is 0 Å². The molecule has 0 saturated heterocycles. The van der Waals surface area contributed by atoms with Gasteiger partial charge in [0.15, 0.2) is 0 Å². The molecule has 4 heteroatoms. The molecule has 0 aliphatic carbocycles. The van der Waals surface area contributed by atoms with Crippen LogP contribution in [0.5, 0.6) is 0 Å². The Labute approximate surface area is 106 Å². The molecular formula is C13H14ClNO2. The molecule has 1 aromatic rings. The van der Waals surface area contributed by atoms with Gasteiger partial charge in [0.25, 0.3) is 0 Å². The highest BCUT2D eigenvalue weighted by Gasteiger charge is 2.12. The first-order chi connectivity index (χ1) is 8.12. The van der Waals surface area contributed by atoms with E-state index in [0.29, 0.717) is 17.2 Å². The van der Waals surface area contributed by atoms with Crippen molar-refractivity contribution >= 4 is 17.6 Å². The maximum atomic E-state index is 11.4. The molecule has 0 spiro atoms. The van der Waals surface area contributed by atoms with Gasteiger partial charge in [-0.2, -0.15) is 5.26 Å². The summed E-state index contributed by atoms with van der Waals surface area (Å²) in [7, 11) is 0. The fourth-order valence-corrected chi connectivity index (χ4v) is 2.05. The summed E-state index contributed by atoms with van der Waals surface area (Å²) in [6.45, 7) is 4.07. The molecule has 0 aliphatic rings. The number of carbonyl (C=O) groups excluding carboxylic acids is 1. The van der Waals surface area contributed by atoms with Crippen molar-refractivity contribution in [1.82, 2.24) is 0 Å². The van der Waals surface area contributed by atoms with Crippen LogP contribution in [0.25, 0.3) is 0 Å². The number of rotatable bonds is 4. The third kappa shape index (κ3) is 3.47. The zero-order valence-corrected chi connectivity index (χ0v) is 10.7. The largest absolute Gasteiger partial charge is 0.466 e. The first-order valence-corrected chi connectivity index (χ1v) is 5.87. The molecule has 0 fully saturated rings. The maximum absolute atomic E-state index is 11.4. The number of ether oxygens (including phenoxy) is 1. The summed E-state index contributed by atoms with van der Waals surface area (Å²) in [6.07, 6.45) is 0.880. The van der Waals surface area contributed by atoms with Gasteiger partial charge in [-0.25, -0.2) is 0 Å². The molecule has 1 rings (SSSR count). The summed E-state index contributed by atoms with van der Waals surface area (Å²) in [4.78, 5) is 11.4. The van der Waals surface area contributed by atoms with E-state index in [4.69, 9.17) is 21.6 Å². The van der Waals surface area contributed by atoms with Crippen molar-refractivity contribution in [3.05, 3.63) is 33.8 Å². The topological polar surface area (TPSA) is 50.1 Å². The predicted molar refractivity (Wildman–Crippen MR) is 65.9 cm³/mol. The second-order valence-electron chi connectivity index (χ2n) is 3.54. The quantitative estimate of drug-likeness (QED) is 0.773. The second-order valence-corrected chi connectivity index (χ2v) is 3.95. The van der Waals surface area contributed by atoms with Crippen LogP contribution in [0.4, 0.5) is 0 Å². The van der Waals surface area contributed by atoms with E-state index in [1.807, 2.05) is 13.0 Å². The van der Waals surface area contributed by atoms with Crippen molar-refractivity contribution in [2.75, 3.05) is 6.61 Å². The Morgan fingerprint density at radius 1 is 1.47 bits per heavy atom. The van der Waals surface area contributed by atoms with Crippen molar-refractivity contribution in [2.45, 2.75) is 26.7 Å². The Balaban J connectivity index is 3.08. The zero-order chi connectivity index (χ0) is 12.8. The van der Waals surface area contributed by atoms with E-state index in [1.54, 1.807) is 19.1 Å². The number of hydrogen-bond donors (Lipinski definition) is 0. The van der Waals surface area contributed by atoms with Crippen molar-refractivity contribution < 1.29 is 9.53 Å². The van der Waals surface area contributed by atoms with Crippen LogP contribution in [0.1, 0.15) is 30.5 Å². The number of nitrogens with zero attached hydrogens (tertiary/aromatic N) is 1. The summed E-state index contributed by atoms with van der Waals surface area (Å²) >= 11 is 6.07. The summed E-state index contributed by atoms with van der Waals surface area (Å²) in [6, 6.07) is 5.34. The first-order valence-electron chi connectivity index (χ1n) is 5.49. The van der Waals surface area contributed by atoms with E-state index in [2.05, 4.69) is 0 Å². The fraction of sp³-hybridized carbons (Fsp3) is 0.385. The lowest BCUT2D eigenvalue weighted by atomic mass is 9.99. The standard InChI is InChI=1S/C13H14ClNO2/c1-3-11-10(7-13(16)17-4-2)5-9(8-15)6-12(11)14/h5-6H,3-4,7H2,1-2H3. The highest BCUT2D eigenvalue weighted by molar-refractivity contribution is 6.31. The van der Waals surface area contributed by atoms with Gasteiger partial charge in [-0.1, -0.05) is 18.5 Å². The van der Waals surface area contributed by atoms with Crippen LogP contribution in [0, 0.1) is 11.3 Å². The average molecular weight is 252 g/mol. The Hall–Kier alpha value is -1.53. The van der Waals surface area contributed by atoms with E-state index in [0.717, 1.165) is 17.5 Å². The summed E-state index contributed by atoms with van der Waals surface area (Å²) in [5.41, 5.74) is 2.14. The smallest absolute Gasteiger partial charge is 0.310 e. The Kier molecular flexibility index (Phi) is 4.99. The lowest BCUT2D eigenvalue weighted by Gasteiger charge is -2.10. The van der Waals surface area contributed by atoms with Crippen molar-refractivity contribution in [1.29, 1.82) is 5.26 Å². The molecule has 3 nitrogen and oxygen atoms in total. The third-order valence-corrected chi connectivity index (χ3v) is 2.75. The molecule has 0 unspecified atom stereocenters. The maximum Gasteiger partial charge on any atom is 0.310 e. The fourth-order valence-electron chi connectivity index (χ4n) is 1.68. The van der Waals surface area contributed by atoms with Gasteiger partial charge in [-0.3, -0.25) is 4.79 Å². The molecular weight excluding hydrogens is 238 g/mol. The molecule has 1 aromatic carbocycles. The second kappa shape index (κ2) is 6.27. The zero-order valence-electron chi connectivity index (χ0n) is 9.92. The third-order valence-electron chi connectivity index (χ3n) is 2.41. The van der Waals surface area contributed by atoms with Crippen LogP contribution in [-0.4, -0.2) is 12.6 Å². The van der Waals surface area contributed by atoms with Gasteiger partial charge in [-0.15, -0.1) is 0 Å². The van der Waals surface area contributed by atoms with Crippen molar-refractivity contribution in [3.63, 3.8) is 0 Å². The number of carbonyl (C=O) groups is 1. The molecule has 0 aromatic heterocycles. The summed E-state index contributed by atoms with van der Waals surface area (Å²) < 4.78 is 4.89. The average Bonchev–Trinajstić information content (AvgIpc) is 2.28. The first kappa shape index (κ1) is 13.5. The Bertz CT molecular complexity index is 463. The molecule has 0 bridgehead atoms. The summed E-state index contributed by atoms with van der Waals surface area (Å²) in [5, 5.41) is 9.40. The lowest BCUT2D eigenvalue weighted by Crippen LogP contribution is -2.09. The Morgan fingerprint density at radius 3 is 2.71 bits per heavy atom. The van der Waals surface area contributed by atoms with Crippen LogP contribution in [0.2, 0.25) is 5.02 Å². The van der Waals surface area contributed by atoms with Gasteiger partial charge in [-0.05, 0) is 36.6 Å². The number of esters is 1. The van der Waals surface area contributed by atoms with E-state index in [1.165, 1.54) is 0 Å². The van der Waals surface area contributed by atoms with Gasteiger partial charge in [0.2, 0.25) is 0 Å². The molecule has 0 radical (unpaired) electrons. The van der Waals surface area contributed by atoms with E-state index < -0.39 is 0 Å². The monoisotopic (exact) mass is 251 g/mol. The molecule has 90 valence electrons. The predicted octanol–water partition coefficient (Wildman–Crippen LogP) is 2.88. The van der Waals surface area contributed by atoms with Gasteiger partial charge in [0, 0.05) is 5.02 Å². The van der Waals surface area contributed by atoms with Gasteiger partial charge in [0.05, 0.1) is 24.7 Å². The minimum atomic E-state index is -0.298. The highest BCUT2D eigenvalue weighted by Crippen LogP contribution is 2.23. The summed E-state index contributed by atoms with van der Waals surface area (Å²) in [5.74, 6) is -0.298. The van der Waals surface area contributed by atoms with E-state index >= 15 is 0 Å². The molecule has 17 heavy (non-hydrogen) atoms. The number of nitriles is 1. The number of hydrogen-bond acceptors (Lipinski definition) is 3. The van der Waals surface area contributed by atoms with Crippen molar-refractivity contribution in [2.24, 2.45) is 0 Å². The Morgan fingerprint density at radius 2 is 2.18 bits per heavy atom. The SMILES string of the molecule is CCOC(=O)Cc1cc(C#N)cc(Cl)c1CC. The van der Waals surface area contributed by atoms with Crippen LogP contribution in [-0.2, 0) is 22.4 Å². The van der Waals surface area contributed by atoms with Crippen LogP contribution < -0.4 is 0 Å². The van der Waals surface area contributed by atoms with Crippen LogP contribution in [0.15, 0.2) is 12.1 Å². The normalized spacial score (nSPS) is 9.76. The molecule has 0 atom stereocenters. The minimum Gasteiger partial charge on any atom is -0.466 e. The number of halogens is 1. The van der Waals surface area contributed by atoms with Crippen LogP contribution >= 0.6 is 11.6 Å². The number of benzene rings is 1. The molecule has 0 N–H and O–H groups in total. The van der Waals surface area contributed by atoms with E-state index in [-0.39, 0.29) is 12.4 Å². The van der Waals surface area contributed by atoms with Gasteiger partial charge >= 0.3 is 5.97 Å². The molecule has 0 saturated carbocycles. The molecule has 0 amide bonds. The highest BCUT2D eigenvalue weighted by atomic mass is 35.5. The molecule has 0 aliphatic heterocycles. The molecule has 0 heterocycles. The van der Waals surface area contributed by atoms with Gasteiger partial charge < -0.3 is 4.74 Å². The minimum absolute atomic E-state index is 0.159.